The van der Waals surface area contributed by atoms with Crippen LogP contribution in [0.2, 0.25) is 0 Å². The van der Waals surface area contributed by atoms with Crippen molar-refractivity contribution >= 4 is 17.1 Å². The van der Waals surface area contributed by atoms with Gasteiger partial charge in [-0.15, -0.1) is 0 Å². The first-order valence-corrected chi connectivity index (χ1v) is 20.8. The van der Waals surface area contributed by atoms with Crippen molar-refractivity contribution in [3.8, 4) is 55.6 Å². The van der Waals surface area contributed by atoms with Crippen molar-refractivity contribution < 1.29 is 0 Å². The smallest absolute Gasteiger partial charge is 0.0726 e. The molecule has 0 saturated heterocycles. The highest BCUT2D eigenvalue weighted by atomic mass is 15.1. The van der Waals surface area contributed by atoms with Gasteiger partial charge in [0.1, 0.15) is 0 Å². The van der Waals surface area contributed by atoms with Crippen LogP contribution in [0.5, 0.6) is 0 Å². The fraction of sp³-hybridized carbons (Fsp3) is 0.0690. The van der Waals surface area contributed by atoms with E-state index < -0.39 is 5.41 Å². The van der Waals surface area contributed by atoms with E-state index in [1.165, 1.54) is 89.0 Å². The van der Waals surface area contributed by atoms with Gasteiger partial charge in [0.25, 0.3) is 0 Å². The van der Waals surface area contributed by atoms with Crippen LogP contribution in [0.4, 0.5) is 17.1 Å². The molecule has 0 aromatic heterocycles. The Balaban J connectivity index is 1.08. The lowest BCUT2D eigenvalue weighted by Crippen LogP contribution is -2.26. The number of hydrogen-bond acceptors (Lipinski definition) is 1. The molecule has 278 valence electrons. The van der Waals surface area contributed by atoms with E-state index in [1.54, 1.807) is 0 Å². The minimum Gasteiger partial charge on any atom is -0.310 e. The highest BCUT2D eigenvalue weighted by molar-refractivity contribution is 5.97. The first kappa shape index (κ1) is 33.9. The summed E-state index contributed by atoms with van der Waals surface area (Å²) in [6.45, 7) is 4.72. The van der Waals surface area contributed by atoms with Crippen molar-refractivity contribution in [2.45, 2.75) is 24.7 Å². The molecule has 1 heteroatoms. The van der Waals surface area contributed by atoms with Crippen LogP contribution in [0.25, 0.3) is 55.6 Å². The Morgan fingerprint density at radius 3 is 1.32 bits per heavy atom. The highest BCUT2D eigenvalue weighted by Crippen LogP contribution is 2.63. The maximum atomic E-state index is 2.50. The first-order valence-electron chi connectivity index (χ1n) is 20.8. The highest BCUT2D eigenvalue weighted by Gasteiger charge is 2.51. The van der Waals surface area contributed by atoms with E-state index in [0.717, 1.165) is 17.1 Å². The summed E-state index contributed by atoms with van der Waals surface area (Å²) < 4.78 is 0. The van der Waals surface area contributed by atoms with Gasteiger partial charge < -0.3 is 4.90 Å². The Kier molecular flexibility index (Phi) is 7.26. The van der Waals surface area contributed by atoms with Gasteiger partial charge in [0.05, 0.1) is 5.41 Å². The lowest BCUT2D eigenvalue weighted by Gasteiger charge is -2.32. The van der Waals surface area contributed by atoms with Gasteiger partial charge in [-0.1, -0.05) is 190 Å². The summed E-state index contributed by atoms with van der Waals surface area (Å²) >= 11 is 0. The summed E-state index contributed by atoms with van der Waals surface area (Å²) in [6, 6.07) is 79.2. The number of benzene rings is 9. The molecule has 0 amide bonds. The zero-order chi connectivity index (χ0) is 39.3. The van der Waals surface area contributed by atoms with Crippen LogP contribution >= 0.6 is 0 Å². The third kappa shape index (κ3) is 4.79. The molecule has 0 N–H and O–H groups in total. The fourth-order valence-electron chi connectivity index (χ4n) is 10.8. The summed E-state index contributed by atoms with van der Waals surface area (Å²) in [6.07, 6.45) is 0. The van der Waals surface area contributed by atoms with Gasteiger partial charge in [0.2, 0.25) is 0 Å². The zero-order valence-corrected chi connectivity index (χ0v) is 33.2. The van der Waals surface area contributed by atoms with Crippen LogP contribution in [0.1, 0.15) is 47.2 Å². The van der Waals surface area contributed by atoms with E-state index in [-0.39, 0.29) is 5.41 Å². The second-order valence-corrected chi connectivity index (χ2v) is 16.8. The van der Waals surface area contributed by atoms with Crippen LogP contribution in [0.3, 0.4) is 0 Å². The molecule has 0 unspecified atom stereocenters. The van der Waals surface area contributed by atoms with E-state index in [9.17, 15) is 0 Å². The number of hydrogen-bond donors (Lipinski definition) is 0. The van der Waals surface area contributed by atoms with Crippen molar-refractivity contribution in [2.75, 3.05) is 4.90 Å². The largest absolute Gasteiger partial charge is 0.310 e. The summed E-state index contributed by atoms with van der Waals surface area (Å²) in [5, 5.41) is 0. The SMILES string of the molecule is CC1(C)c2ccccc2-c2cc(N(c3cccc(-c4ccc(-c5ccccc5)cc4)c3)c3ccc4c(c3)C3(c5ccccc5-c5ccccc53)c3ccccc3-4)ccc21. The van der Waals surface area contributed by atoms with E-state index in [2.05, 4.69) is 231 Å². The minimum absolute atomic E-state index is 0.0733. The number of anilines is 3. The molecule has 9 aromatic carbocycles. The Morgan fingerprint density at radius 1 is 0.271 bits per heavy atom. The molecule has 0 fully saturated rings. The molecule has 0 heterocycles. The van der Waals surface area contributed by atoms with E-state index in [4.69, 9.17) is 0 Å². The van der Waals surface area contributed by atoms with Gasteiger partial charge >= 0.3 is 0 Å². The van der Waals surface area contributed by atoms with Crippen LogP contribution in [-0.4, -0.2) is 0 Å². The maximum absolute atomic E-state index is 2.50. The second-order valence-electron chi connectivity index (χ2n) is 16.8. The Labute approximate surface area is 346 Å². The second kappa shape index (κ2) is 12.6. The van der Waals surface area contributed by atoms with Crippen LogP contribution in [0.15, 0.2) is 212 Å². The van der Waals surface area contributed by atoms with Gasteiger partial charge in [0, 0.05) is 22.5 Å². The van der Waals surface area contributed by atoms with Crippen LogP contribution < -0.4 is 4.90 Å². The molecule has 0 aliphatic heterocycles. The summed E-state index contributed by atoms with van der Waals surface area (Å²) in [5.41, 5.74) is 23.8. The average Bonchev–Trinajstić information content (AvgIpc) is 3.85. The summed E-state index contributed by atoms with van der Waals surface area (Å²) in [7, 11) is 0. The van der Waals surface area contributed by atoms with E-state index in [0.29, 0.717) is 0 Å². The molecule has 1 nitrogen and oxygen atoms in total. The monoisotopic (exact) mass is 751 g/mol. The molecule has 3 aliphatic carbocycles. The molecule has 1 spiro atoms. The van der Waals surface area contributed by atoms with Crippen molar-refractivity contribution in [2.24, 2.45) is 0 Å². The molecule has 12 rings (SSSR count). The lowest BCUT2D eigenvalue weighted by molar-refractivity contribution is 0.660. The molecular formula is C58H41N. The maximum Gasteiger partial charge on any atom is 0.0726 e. The number of fused-ring (bicyclic) bond motifs is 13. The molecule has 0 saturated carbocycles. The van der Waals surface area contributed by atoms with E-state index >= 15 is 0 Å². The molecule has 0 atom stereocenters. The average molecular weight is 752 g/mol. The fourth-order valence-corrected chi connectivity index (χ4v) is 10.8. The van der Waals surface area contributed by atoms with Crippen LogP contribution in [-0.2, 0) is 10.8 Å². The third-order valence-electron chi connectivity index (χ3n) is 13.5. The van der Waals surface area contributed by atoms with Gasteiger partial charge in [-0.25, -0.2) is 0 Å². The predicted molar refractivity (Wildman–Crippen MR) is 246 cm³/mol. The number of nitrogens with zero attached hydrogens (tertiary/aromatic N) is 1. The first-order chi connectivity index (χ1) is 29.0. The van der Waals surface area contributed by atoms with Crippen molar-refractivity contribution in [1.82, 2.24) is 0 Å². The molecule has 0 radical (unpaired) electrons. The molecule has 3 aliphatic rings. The standard InChI is InChI=1S/C58H41N/c1-57(2)51-23-10-6-22-48(51)50-36-43(32-34-52(50)57)59(42-18-14-17-41(35-42)40-29-27-39(28-30-40)38-15-4-3-5-16-38)44-31-33-49-47-21-9-13-26-55(47)58(56(49)37-44)53-24-11-7-19-45(53)46-20-8-12-25-54(46)58/h3-37H,1-2H3. The van der Waals surface area contributed by atoms with Crippen molar-refractivity contribution in [3.63, 3.8) is 0 Å². The molecule has 59 heavy (non-hydrogen) atoms. The lowest BCUT2D eigenvalue weighted by atomic mass is 9.70. The Morgan fingerprint density at radius 2 is 0.695 bits per heavy atom. The predicted octanol–water partition coefficient (Wildman–Crippen LogP) is 15.1. The topological polar surface area (TPSA) is 3.24 Å². The van der Waals surface area contributed by atoms with Gasteiger partial charge in [-0.05, 0) is 125 Å². The quantitative estimate of drug-likeness (QED) is 0.169. The molecule has 0 bridgehead atoms. The van der Waals surface area contributed by atoms with Gasteiger partial charge in [0.15, 0.2) is 0 Å². The normalized spacial score (nSPS) is 14.2. The van der Waals surface area contributed by atoms with Gasteiger partial charge in [-0.3, -0.25) is 0 Å². The summed E-state index contributed by atoms with van der Waals surface area (Å²) in [5.74, 6) is 0. The zero-order valence-electron chi connectivity index (χ0n) is 33.2. The Bertz CT molecular complexity index is 3070. The van der Waals surface area contributed by atoms with E-state index in [1.807, 2.05) is 0 Å². The number of rotatable bonds is 5. The molecular weight excluding hydrogens is 711 g/mol. The Hall–Kier alpha value is -7.22. The molecule has 9 aromatic rings. The van der Waals surface area contributed by atoms with Gasteiger partial charge in [-0.2, -0.15) is 0 Å². The summed E-state index contributed by atoms with van der Waals surface area (Å²) in [4.78, 5) is 2.49. The third-order valence-corrected chi connectivity index (χ3v) is 13.5. The van der Waals surface area contributed by atoms with Crippen molar-refractivity contribution in [3.05, 3.63) is 246 Å². The van der Waals surface area contributed by atoms with Crippen molar-refractivity contribution in [1.29, 1.82) is 0 Å². The van der Waals surface area contributed by atoms with Crippen LogP contribution in [0, 0.1) is 0 Å². The minimum atomic E-state index is -0.427.